The molecule has 0 aliphatic rings. The van der Waals surface area contributed by atoms with Gasteiger partial charge < -0.3 is 5.73 Å². The fraction of sp³-hybridized carbons (Fsp3) is 0.455. The topological polar surface area (TPSA) is 26.0 Å². The van der Waals surface area contributed by atoms with Gasteiger partial charge in [0.1, 0.15) is 5.82 Å². The zero-order valence-corrected chi connectivity index (χ0v) is 9.45. The maximum Gasteiger partial charge on any atom is 0.130 e. The number of benzene rings is 1. The molecule has 0 spiro atoms. The lowest BCUT2D eigenvalue weighted by Gasteiger charge is -2.20. The first-order valence-corrected chi connectivity index (χ1v) is 4.91. The van der Waals surface area contributed by atoms with Gasteiger partial charge in [0.2, 0.25) is 0 Å². The normalized spacial score (nSPS) is 11.9. The molecule has 0 aromatic heterocycles. The summed E-state index contributed by atoms with van der Waals surface area (Å²) in [5.41, 5.74) is 6.50. The van der Waals surface area contributed by atoms with E-state index in [9.17, 15) is 4.39 Å². The molecule has 3 heteroatoms. The Morgan fingerprint density at radius 2 is 2.00 bits per heavy atom. The van der Waals surface area contributed by atoms with Crippen LogP contribution < -0.4 is 5.73 Å². The van der Waals surface area contributed by atoms with E-state index in [0.717, 1.165) is 0 Å². The summed E-state index contributed by atoms with van der Waals surface area (Å²) in [6.45, 7) is 5.43. The zero-order chi connectivity index (χ0) is 10.9. The average Bonchev–Trinajstić information content (AvgIpc) is 2.04. The molecular formula is C11H15ClFN. The minimum Gasteiger partial charge on any atom is -0.325 e. The van der Waals surface area contributed by atoms with Gasteiger partial charge in [0.25, 0.3) is 0 Å². The minimum atomic E-state index is -0.446. The van der Waals surface area contributed by atoms with E-state index in [1.54, 1.807) is 19.1 Å². The smallest absolute Gasteiger partial charge is 0.130 e. The van der Waals surface area contributed by atoms with Crippen LogP contribution >= 0.6 is 11.6 Å². The van der Waals surface area contributed by atoms with E-state index in [-0.39, 0.29) is 5.82 Å². The molecule has 0 saturated carbocycles. The lowest BCUT2D eigenvalue weighted by Crippen LogP contribution is -2.35. The Kier molecular flexibility index (Phi) is 3.17. The fourth-order valence-electron chi connectivity index (χ4n) is 1.33. The summed E-state index contributed by atoms with van der Waals surface area (Å²) in [6, 6.07) is 3.38. The molecule has 0 heterocycles. The maximum absolute atomic E-state index is 13.7. The quantitative estimate of drug-likeness (QED) is 0.806. The third kappa shape index (κ3) is 2.69. The molecule has 0 aliphatic carbocycles. The molecule has 1 rings (SSSR count). The molecule has 0 amide bonds. The number of nitrogens with two attached hydrogens (primary N) is 1. The summed E-state index contributed by atoms with van der Waals surface area (Å²) in [7, 11) is 0. The van der Waals surface area contributed by atoms with Crippen molar-refractivity contribution in [1.29, 1.82) is 0 Å². The van der Waals surface area contributed by atoms with Crippen molar-refractivity contribution in [3.63, 3.8) is 0 Å². The average molecular weight is 216 g/mol. The van der Waals surface area contributed by atoms with E-state index >= 15 is 0 Å². The number of hydrogen-bond donors (Lipinski definition) is 1. The Bertz CT molecular complexity index is 342. The Morgan fingerprint density at radius 3 is 2.50 bits per heavy atom. The molecule has 1 nitrogen and oxygen atoms in total. The Balaban J connectivity index is 3.13. The number of rotatable bonds is 2. The predicted octanol–water partition coefficient (Wildman–Crippen LogP) is 3.07. The fourth-order valence-corrected chi connectivity index (χ4v) is 1.55. The van der Waals surface area contributed by atoms with Crippen molar-refractivity contribution in [3.05, 3.63) is 34.1 Å². The second kappa shape index (κ2) is 3.87. The third-order valence-electron chi connectivity index (χ3n) is 2.01. The van der Waals surface area contributed by atoms with Gasteiger partial charge >= 0.3 is 0 Å². The molecule has 14 heavy (non-hydrogen) atoms. The van der Waals surface area contributed by atoms with Gasteiger partial charge in [-0.3, -0.25) is 0 Å². The summed E-state index contributed by atoms with van der Waals surface area (Å²) in [5, 5.41) is 0.451. The largest absolute Gasteiger partial charge is 0.325 e. The SMILES string of the molecule is Cc1ccc(Cl)c(CC(C)(C)N)c1F. The van der Waals surface area contributed by atoms with E-state index in [0.29, 0.717) is 22.6 Å². The van der Waals surface area contributed by atoms with E-state index in [2.05, 4.69) is 0 Å². The Morgan fingerprint density at radius 1 is 1.43 bits per heavy atom. The van der Waals surface area contributed by atoms with Gasteiger partial charge in [0.05, 0.1) is 0 Å². The summed E-state index contributed by atoms with van der Waals surface area (Å²) < 4.78 is 13.7. The first-order valence-electron chi connectivity index (χ1n) is 4.53. The second-order valence-electron chi connectivity index (χ2n) is 4.32. The monoisotopic (exact) mass is 215 g/mol. The van der Waals surface area contributed by atoms with Gasteiger partial charge in [-0.05, 0) is 38.8 Å². The lowest BCUT2D eigenvalue weighted by molar-refractivity contribution is 0.495. The van der Waals surface area contributed by atoms with Gasteiger partial charge in [-0.2, -0.15) is 0 Å². The molecule has 0 fully saturated rings. The third-order valence-corrected chi connectivity index (χ3v) is 2.37. The van der Waals surface area contributed by atoms with Crippen molar-refractivity contribution in [1.82, 2.24) is 0 Å². The van der Waals surface area contributed by atoms with E-state index in [4.69, 9.17) is 17.3 Å². The predicted molar refractivity (Wildman–Crippen MR) is 58.1 cm³/mol. The highest BCUT2D eigenvalue weighted by molar-refractivity contribution is 6.31. The van der Waals surface area contributed by atoms with Crippen molar-refractivity contribution >= 4 is 11.6 Å². The highest BCUT2D eigenvalue weighted by Gasteiger charge is 2.18. The van der Waals surface area contributed by atoms with Crippen molar-refractivity contribution in [3.8, 4) is 0 Å². The van der Waals surface area contributed by atoms with Crippen LogP contribution in [0.1, 0.15) is 25.0 Å². The lowest BCUT2D eigenvalue weighted by atomic mass is 9.95. The Hall–Kier alpha value is -0.600. The molecule has 1 aromatic carbocycles. The minimum absolute atomic E-state index is 0.240. The highest BCUT2D eigenvalue weighted by Crippen LogP contribution is 2.25. The molecule has 0 unspecified atom stereocenters. The summed E-state index contributed by atoms with van der Waals surface area (Å²) >= 11 is 5.91. The number of hydrogen-bond acceptors (Lipinski definition) is 1. The van der Waals surface area contributed by atoms with Crippen LogP contribution in [0.25, 0.3) is 0 Å². The van der Waals surface area contributed by atoms with Crippen LogP contribution in [0.2, 0.25) is 5.02 Å². The molecule has 0 bridgehead atoms. The van der Waals surface area contributed by atoms with Gasteiger partial charge in [-0.15, -0.1) is 0 Å². The van der Waals surface area contributed by atoms with E-state index in [1.807, 2.05) is 13.8 Å². The van der Waals surface area contributed by atoms with Crippen LogP contribution in [0.3, 0.4) is 0 Å². The van der Waals surface area contributed by atoms with Gasteiger partial charge in [-0.1, -0.05) is 17.7 Å². The van der Waals surface area contributed by atoms with E-state index in [1.165, 1.54) is 0 Å². The van der Waals surface area contributed by atoms with Crippen LogP contribution in [-0.2, 0) is 6.42 Å². The molecule has 78 valence electrons. The number of aryl methyl sites for hydroxylation is 1. The standard InChI is InChI=1S/C11H15ClFN/c1-7-4-5-9(12)8(10(7)13)6-11(2,3)14/h4-5H,6,14H2,1-3H3. The van der Waals surface area contributed by atoms with Crippen LogP contribution in [0, 0.1) is 12.7 Å². The maximum atomic E-state index is 13.7. The van der Waals surface area contributed by atoms with Gasteiger partial charge in [0, 0.05) is 16.1 Å². The zero-order valence-electron chi connectivity index (χ0n) is 8.70. The van der Waals surface area contributed by atoms with Crippen LogP contribution in [0.15, 0.2) is 12.1 Å². The summed E-state index contributed by atoms with van der Waals surface area (Å²) in [6.07, 6.45) is 0.444. The van der Waals surface area contributed by atoms with Gasteiger partial charge in [-0.25, -0.2) is 4.39 Å². The van der Waals surface area contributed by atoms with Crippen molar-refractivity contribution in [2.24, 2.45) is 5.73 Å². The van der Waals surface area contributed by atoms with Gasteiger partial charge in [0.15, 0.2) is 0 Å². The Labute approximate surface area is 89.1 Å². The van der Waals surface area contributed by atoms with Crippen LogP contribution in [0.5, 0.6) is 0 Å². The van der Waals surface area contributed by atoms with Crippen LogP contribution in [-0.4, -0.2) is 5.54 Å². The summed E-state index contributed by atoms with van der Waals surface area (Å²) in [4.78, 5) is 0. The molecule has 0 aliphatic heterocycles. The molecule has 0 atom stereocenters. The second-order valence-corrected chi connectivity index (χ2v) is 4.73. The van der Waals surface area contributed by atoms with Crippen molar-refractivity contribution in [2.75, 3.05) is 0 Å². The first-order chi connectivity index (χ1) is 6.31. The highest BCUT2D eigenvalue weighted by atomic mass is 35.5. The summed E-state index contributed by atoms with van der Waals surface area (Å²) in [5.74, 6) is -0.240. The number of halogens is 2. The van der Waals surface area contributed by atoms with Crippen molar-refractivity contribution < 1.29 is 4.39 Å². The molecule has 0 saturated heterocycles. The van der Waals surface area contributed by atoms with Crippen molar-refractivity contribution in [2.45, 2.75) is 32.7 Å². The molecule has 2 N–H and O–H groups in total. The molecule has 0 radical (unpaired) electrons. The van der Waals surface area contributed by atoms with E-state index < -0.39 is 5.54 Å². The molecular weight excluding hydrogens is 201 g/mol. The molecule has 1 aromatic rings. The van der Waals surface area contributed by atoms with Crippen LogP contribution in [0.4, 0.5) is 4.39 Å². The first kappa shape index (κ1) is 11.5.